The number of halogens is 5. The summed E-state index contributed by atoms with van der Waals surface area (Å²) < 4.78 is 93.9. The number of hydrogen-bond donors (Lipinski definition) is 0. The smallest absolute Gasteiger partial charge is 0.312 e. The highest BCUT2D eigenvalue weighted by atomic mass is 32.2. The summed E-state index contributed by atoms with van der Waals surface area (Å²) in [4.78, 5) is 11.6. The first-order chi connectivity index (χ1) is 14.0. The standard InChI is InChI=1S/C18H23F5O4S3/c1-11(2)4-9-30(25,26)10-8-29-7-6-28-5-3-12(24)27-18-16(22)14(20)13(19)15(21)17(18)23/h11H,3-10H2,1-2H3. The van der Waals surface area contributed by atoms with Gasteiger partial charge in [0.1, 0.15) is 0 Å². The highest BCUT2D eigenvalue weighted by molar-refractivity contribution is 8.03. The van der Waals surface area contributed by atoms with E-state index >= 15 is 0 Å². The van der Waals surface area contributed by atoms with Crippen molar-refractivity contribution in [2.45, 2.75) is 26.7 Å². The second-order valence-corrected chi connectivity index (χ2v) is 11.4. The first-order valence-electron chi connectivity index (χ1n) is 9.04. The molecule has 1 aromatic rings. The Morgan fingerprint density at radius 3 is 1.87 bits per heavy atom. The first kappa shape index (κ1) is 27.0. The Bertz CT molecular complexity index is 803. The molecule has 12 heteroatoms. The van der Waals surface area contributed by atoms with Gasteiger partial charge in [-0.15, -0.1) is 0 Å². The van der Waals surface area contributed by atoms with Crippen LogP contribution in [0.3, 0.4) is 0 Å². The molecular weight excluding hydrogens is 471 g/mol. The summed E-state index contributed by atoms with van der Waals surface area (Å²) in [6, 6.07) is 0. The molecular formula is C18H23F5O4S3. The largest absolute Gasteiger partial charge is 0.420 e. The molecule has 0 atom stereocenters. The summed E-state index contributed by atoms with van der Waals surface area (Å²) >= 11 is 2.76. The molecule has 0 aliphatic heterocycles. The van der Waals surface area contributed by atoms with Gasteiger partial charge in [-0.2, -0.15) is 32.3 Å². The van der Waals surface area contributed by atoms with E-state index in [0.717, 1.165) is 0 Å². The number of esters is 1. The SMILES string of the molecule is CC(C)CCS(=O)(=O)CCSCCSCCC(=O)Oc1c(F)c(F)c(F)c(F)c1F. The molecule has 0 bridgehead atoms. The molecule has 0 heterocycles. The summed E-state index contributed by atoms with van der Waals surface area (Å²) in [5.41, 5.74) is 0. The number of benzene rings is 1. The van der Waals surface area contributed by atoms with Crippen LogP contribution < -0.4 is 4.74 Å². The van der Waals surface area contributed by atoms with Gasteiger partial charge in [-0.1, -0.05) is 13.8 Å². The number of carbonyl (C=O) groups is 1. The van der Waals surface area contributed by atoms with E-state index in [9.17, 15) is 35.2 Å². The Morgan fingerprint density at radius 2 is 1.33 bits per heavy atom. The van der Waals surface area contributed by atoms with Crippen LogP contribution in [0, 0.1) is 35.0 Å². The molecule has 0 radical (unpaired) electrons. The quantitative estimate of drug-likeness (QED) is 0.0997. The normalized spacial score (nSPS) is 11.9. The number of hydrogen-bond acceptors (Lipinski definition) is 6. The zero-order valence-electron chi connectivity index (χ0n) is 16.5. The third kappa shape index (κ3) is 9.01. The van der Waals surface area contributed by atoms with Crippen LogP contribution in [0.15, 0.2) is 0 Å². The lowest BCUT2D eigenvalue weighted by molar-refractivity contribution is -0.134. The highest BCUT2D eigenvalue weighted by Crippen LogP contribution is 2.29. The summed E-state index contributed by atoms with van der Waals surface area (Å²) in [5.74, 6) is -11.4. The Kier molecular flexibility index (Phi) is 11.5. The van der Waals surface area contributed by atoms with E-state index in [1.54, 1.807) is 0 Å². The fourth-order valence-corrected chi connectivity index (χ4v) is 6.20. The van der Waals surface area contributed by atoms with Gasteiger partial charge >= 0.3 is 5.97 Å². The maximum Gasteiger partial charge on any atom is 0.312 e. The topological polar surface area (TPSA) is 60.4 Å². The molecule has 0 N–H and O–H groups in total. The summed E-state index contributed by atoms with van der Waals surface area (Å²) in [5, 5.41) is 0. The zero-order chi connectivity index (χ0) is 22.9. The van der Waals surface area contributed by atoms with Crippen LogP contribution in [0.5, 0.6) is 5.75 Å². The van der Waals surface area contributed by atoms with Crippen LogP contribution in [-0.2, 0) is 14.6 Å². The third-order valence-corrected chi connectivity index (χ3v) is 7.92. The molecule has 0 amide bonds. The molecule has 0 unspecified atom stereocenters. The Hall–Kier alpha value is -1.01. The molecule has 172 valence electrons. The molecule has 0 aliphatic carbocycles. The van der Waals surface area contributed by atoms with Crippen molar-refractivity contribution in [3.05, 3.63) is 29.1 Å². The van der Waals surface area contributed by atoms with Crippen LogP contribution in [0.2, 0.25) is 0 Å². The highest BCUT2D eigenvalue weighted by Gasteiger charge is 2.28. The molecule has 4 nitrogen and oxygen atoms in total. The number of carbonyl (C=O) groups excluding carboxylic acids is 1. The molecule has 30 heavy (non-hydrogen) atoms. The number of rotatable bonds is 13. The van der Waals surface area contributed by atoms with Gasteiger partial charge in [0.05, 0.1) is 17.9 Å². The average molecular weight is 495 g/mol. The van der Waals surface area contributed by atoms with Crippen LogP contribution in [0.4, 0.5) is 22.0 Å². The monoisotopic (exact) mass is 494 g/mol. The van der Waals surface area contributed by atoms with E-state index in [1.807, 2.05) is 13.8 Å². The first-order valence-corrected chi connectivity index (χ1v) is 13.2. The van der Waals surface area contributed by atoms with Crippen molar-refractivity contribution in [1.82, 2.24) is 0 Å². The van der Waals surface area contributed by atoms with Crippen molar-refractivity contribution < 1.29 is 39.9 Å². The van der Waals surface area contributed by atoms with Crippen LogP contribution >= 0.6 is 23.5 Å². The number of ether oxygens (including phenoxy) is 1. The fourth-order valence-electron chi connectivity index (χ4n) is 2.02. The van der Waals surface area contributed by atoms with Crippen molar-refractivity contribution in [2.75, 3.05) is 34.5 Å². The van der Waals surface area contributed by atoms with Gasteiger partial charge in [0.2, 0.25) is 34.8 Å². The van der Waals surface area contributed by atoms with Gasteiger partial charge in [0.15, 0.2) is 9.84 Å². The minimum atomic E-state index is -3.06. The van der Waals surface area contributed by atoms with Gasteiger partial charge < -0.3 is 4.74 Å². The van der Waals surface area contributed by atoms with Gasteiger partial charge in [0.25, 0.3) is 0 Å². The summed E-state index contributed by atoms with van der Waals surface area (Å²) in [7, 11) is -3.06. The van der Waals surface area contributed by atoms with Crippen LogP contribution in [0.1, 0.15) is 26.7 Å². The lowest BCUT2D eigenvalue weighted by Gasteiger charge is -2.09. The summed E-state index contributed by atoms with van der Waals surface area (Å²) in [6.07, 6.45) is 0.336. The fraction of sp³-hybridized carbons (Fsp3) is 0.611. The molecule has 0 aromatic heterocycles. The Balaban J connectivity index is 2.26. The van der Waals surface area contributed by atoms with E-state index in [1.165, 1.54) is 23.5 Å². The minimum Gasteiger partial charge on any atom is -0.420 e. The van der Waals surface area contributed by atoms with Gasteiger partial charge in [-0.3, -0.25) is 4.79 Å². The van der Waals surface area contributed by atoms with E-state index in [4.69, 9.17) is 0 Å². The van der Waals surface area contributed by atoms with Gasteiger partial charge in [-0.05, 0) is 12.3 Å². The maximum absolute atomic E-state index is 13.4. The van der Waals surface area contributed by atoms with E-state index < -0.39 is 50.6 Å². The lowest BCUT2D eigenvalue weighted by Crippen LogP contribution is -2.15. The van der Waals surface area contributed by atoms with Crippen LogP contribution in [-0.4, -0.2) is 48.9 Å². The van der Waals surface area contributed by atoms with Crippen LogP contribution in [0.25, 0.3) is 0 Å². The molecule has 0 saturated carbocycles. The van der Waals surface area contributed by atoms with Gasteiger partial charge in [0, 0.05) is 23.0 Å². The number of thioether (sulfide) groups is 2. The maximum atomic E-state index is 13.4. The van der Waals surface area contributed by atoms with Crippen molar-refractivity contribution in [2.24, 2.45) is 5.92 Å². The third-order valence-electron chi connectivity index (χ3n) is 3.75. The molecule has 0 fully saturated rings. The second kappa shape index (κ2) is 12.7. The lowest BCUT2D eigenvalue weighted by atomic mass is 10.2. The van der Waals surface area contributed by atoms with E-state index in [-0.39, 0.29) is 23.7 Å². The second-order valence-electron chi connectivity index (χ2n) is 6.68. The molecule has 0 saturated heterocycles. The van der Waals surface area contributed by atoms with Gasteiger partial charge in [-0.25, -0.2) is 21.6 Å². The molecule has 1 aromatic carbocycles. The van der Waals surface area contributed by atoms with E-state index in [2.05, 4.69) is 4.74 Å². The number of sulfone groups is 1. The Morgan fingerprint density at radius 1 is 0.833 bits per heavy atom. The average Bonchev–Trinajstić information content (AvgIpc) is 2.68. The molecule has 1 rings (SSSR count). The van der Waals surface area contributed by atoms with Crippen molar-refractivity contribution in [3.8, 4) is 5.75 Å². The van der Waals surface area contributed by atoms with Crippen molar-refractivity contribution >= 4 is 39.3 Å². The minimum absolute atomic E-state index is 0.100. The summed E-state index contributed by atoms with van der Waals surface area (Å²) in [6.45, 7) is 3.92. The zero-order valence-corrected chi connectivity index (χ0v) is 18.9. The molecule has 0 aliphatic rings. The van der Waals surface area contributed by atoms with Crippen molar-refractivity contribution in [1.29, 1.82) is 0 Å². The predicted octanol–water partition coefficient (Wildman–Crippen LogP) is 4.60. The molecule has 0 spiro atoms. The van der Waals surface area contributed by atoms with E-state index in [0.29, 0.717) is 29.6 Å². The van der Waals surface area contributed by atoms with Crippen molar-refractivity contribution in [3.63, 3.8) is 0 Å². The predicted molar refractivity (Wildman–Crippen MR) is 109 cm³/mol. The Labute approximate surface area is 181 Å².